The molecule has 4 nitrogen and oxygen atoms in total. The molecule has 2 atom stereocenters. The molecule has 2 unspecified atom stereocenters. The van der Waals surface area contributed by atoms with E-state index in [1.807, 2.05) is 24.3 Å². The normalized spacial score (nSPS) is 31.4. The molecule has 0 spiro atoms. The highest BCUT2D eigenvalue weighted by molar-refractivity contribution is 7.47. The number of phosphoric acid groups is 1. The third kappa shape index (κ3) is 5.62. The van der Waals surface area contributed by atoms with Crippen molar-refractivity contribution in [2.45, 2.75) is 63.6 Å². The van der Waals surface area contributed by atoms with E-state index in [1.165, 1.54) is 0 Å². The van der Waals surface area contributed by atoms with Gasteiger partial charge in [-0.05, 0) is 38.5 Å². The summed E-state index contributed by atoms with van der Waals surface area (Å²) in [7, 11) is -3.97. The summed E-state index contributed by atoms with van der Waals surface area (Å²) in [4.78, 5) is 9.85. The van der Waals surface area contributed by atoms with Crippen molar-refractivity contribution in [3.63, 3.8) is 0 Å². The molecule has 0 aromatic carbocycles. The van der Waals surface area contributed by atoms with Gasteiger partial charge in [-0.2, -0.15) is 0 Å². The molecule has 0 aromatic rings. The summed E-state index contributed by atoms with van der Waals surface area (Å²) < 4.78 is 22.6. The van der Waals surface area contributed by atoms with Crippen LogP contribution in [0.4, 0.5) is 0 Å². The molecule has 108 valence electrons. The van der Waals surface area contributed by atoms with Crippen LogP contribution in [0.25, 0.3) is 0 Å². The van der Waals surface area contributed by atoms with Crippen molar-refractivity contribution < 1.29 is 18.5 Å². The molecule has 0 saturated heterocycles. The summed E-state index contributed by atoms with van der Waals surface area (Å²) in [6.07, 6.45) is 15.0. The molecular formula is C14H23O4P. The van der Waals surface area contributed by atoms with Crippen LogP contribution in [-0.4, -0.2) is 17.1 Å². The highest BCUT2D eigenvalue weighted by Crippen LogP contribution is 2.48. The molecule has 2 aliphatic rings. The first-order valence-electron chi connectivity index (χ1n) is 7.19. The van der Waals surface area contributed by atoms with Gasteiger partial charge in [0, 0.05) is 0 Å². The molecule has 1 N–H and O–H groups in total. The first kappa shape index (κ1) is 15.0. The first-order chi connectivity index (χ1) is 9.16. The lowest BCUT2D eigenvalue weighted by molar-refractivity contribution is 0.0979. The van der Waals surface area contributed by atoms with Gasteiger partial charge in [0.1, 0.15) is 0 Å². The van der Waals surface area contributed by atoms with E-state index in [4.69, 9.17) is 9.05 Å². The molecule has 2 aliphatic carbocycles. The average Bonchev–Trinajstić information content (AvgIpc) is 2.73. The van der Waals surface area contributed by atoms with E-state index in [9.17, 15) is 9.46 Å². The Bertz CT molecular complexity index is 346. The molecule has 0 bridgehead atoms. The van der Waals surface area contributed by atoms with Crippen LogP contribution < -0.4 is 0 Å². The fourth-order valence-corrected chi connectivity index (χ4v) is 3.53. The first-order valence-corrected chi connectivity index (χ1v) is 8.68. The predicted octanol–water partition coefficient (Wildman–Crippen LogP) is 4.12. The van der Waals surface area contributed by atoms with E-state index in [2.05, 4.69) is 0 Å². The van der Waals surface area contributed by atoms with Crippen molar-refractivity contribution in [3.8, 4) is 0 Å². The lowest BCUT2D eigenvalue weighted by atomic mass is 10.2. The summed E-state index contributed by atoms with van der Waals surface area (Å²) in [5, 5.41) is 0. The molecule has 0 aliphatic heterocycles. The molecule has 19 heavy (non-hydrogen) atoms. The van der Waals surface area contributed by atoms with E-state index in [1.54, 1.807) is 0 Å². The Kier molecular flexibility index (Phi) is 5.83. The minimum Gasteiger partial charge on any atom is -0.302 e. The molecule has 0 saturated carbocycles. The van der Waals surface area contributed by atoms with E-state index in [-0.39, 0.29) is 12.2 Å². The van der Waals surface area contributed by atoms with Crippen molar-refractivity contribution in [1.29, 1.82) is 0 Å². The van der Waals surface area contributed by atoms with Crippen LogP contribution >= 0.6 is 7.82 Å². The quantitative estimate of drug-likeness (QED) is 0.624. The summed E-state index contributed by atoms with van der Waals surface area (Å²) >= 11 is 0. The minimum absolute atomic E-state index is 0.298. The van der Waals surface area contributed by atoms with E-state index >= 15 is 0 Å². The lowest BCUT2D eigenvalue weighted by Crippen LogP contribution is -2.13. The second kappa shape index (κ2) is 7.39. The summed E-state index contributed by atoms with van der Waals surface area (Å²) in [5.74, 6) is 0. The molecule has 0 amide bonds. The van der Waals surface area contributed by atoms with Crippen LogP contribution in [0.1, 0.15) is 51.4 Å². The van der Waals surface area contributed by atoms with Crippen LogP contribution in [0.15, 0.2) is 24.3 Å². The second-order valence-corrected chi connectivity index (χ2v) is 6.54. The van der Waals surface area contributed by atoms with Gasteiger partial charge in [0.2, 0.25) is 0 Å². The fourth-order valence-electron chi connectivity index (χ4n) is 2.45. The predicted molar refractivity (Wildman–Crippen MR) is 74.8 cm³/mol. The minimum atomic E-state index is -3.97. The van der Waals surface area contributed by atoms with Crippen LogP contribution in [0.2, 0.25) is 0 Å². The topological polar surface area (TPSA) is 55.8 Å². The standard InChI is InChI=1S/C14H23O4P/c15-19(16,17-13-9-5-1-2-6-10-13)18-14-11-7-3-4-8-12-14/h5,7,9,11,13-14H,1-4,6,8,10,12H2,(H,15,16). The van der Waals surface area contributed by atoms with Crippen molar-refractivity contribution in [3.05, 3.63) is 24.3 Å². The number of hydrogen-bond donors (Lipinski definition) is 1. The summed E-state index contributed by atoms with van der Waals surface area (Å²) in [6, 6.07) is 0. The van der Waals surface area contributed by atoms with Gasteiger partial charge in [0.25, 0.3) is 0 Å². The third-order valence-corrected chi connectivity index (χ3v) is 4.53. The van der Waals surface area contributed by atoms with Crippen molar-refractivity contribution in [1.82, 2.24) is 0 Å². The Balaban J connectivity index is 1.87. The van der Waals surface area contributed by atoms with Crippen molar-refractivity contribution in [2.24, 2.45) is 0 Å². The Labute approximate surface area is 115 Å². The Morgan fingerprint density at radius 1 is 0.895 bits per heavy atom. The Morgan fingerprint density at radius 3 is 1.84 bits per heavy atom. The highest BCUT2D eigenvalue weighted by atomic mass is 31.2. The van der Waals surface area contributed by atoms with E-state index in [0.717, 1.165) is 51.4 Å². The van der Waals surface area contributed by atoms with Gasteiger partial charge >= 0.3 is 7.82 Å². The number of phosphoric ester groups is 1. The van der Waals surface area contributed by atoms with Crippen LogP contribution in [0, 0.1) is 0 Å². The zero-order valence-electron chi connectivity index (χ0n) is 11.2. The van der Waals surface area contributed by atoms with Crippen LogP contribution in [0.3, 0.4) is 0 Å². The molecular weight excluding hydrogens is 263 g/mol. The molecule has 0 radical (unpaired) electrons. The highest BCUT2D eigenvalue weighted by Gasteiger charge is 2.29. The summed E-state index contributed by atoms with van der Waals surface area (Å²) in [5.41, 5.74) is 0. The van der Waals surface area contributed by atoms with E-state index < -0.39 is 7.82 Å². The van der Waals surface area contributed by atoms with Crippen LogP contribution in [0.5, 0.6) is 0 Å². The van der Waals surface area contributed by atoms with Gasteiger partial charge in [-0.3, -0.25) is 9.05 Å². The average molecular weight is 286 g/mol. The van der Waals surface area contributed by atoms with Gasteiger partial charge < -0.3 is 4.89 Å². The maximum Gasteiger partial charge on any atom is 0.473 e. The third-order valence-electron chi connectivity index (χ3n) is 3.46. The van der Waals surface area contributed by atoms with E-state index in [0.29, 0.717) is 0 Å². The maximum atomic E-state index is 12.0. The largest absolute Gasteiger partial charge is 0.473 e. The number of hydrogen-bond acceptors (Lipinski definition) is 3. The monoisotopic (exact) mass is 286 g/mol. The molecule has 0 heterocycles. The SMILES string of the molecule is O=P(O)(OC1C=CCCCC1)OC1C=CCCCC1. The van der Waals surface area contributed by atoms with Gasteiger partial charge in [-0.1, -0.05) is 37.1 Å². The molecule has 0 aromatic heterocycles. The van der Waals surface area contributed by atoms with Crippen LogP contribution in [-0.2, 0) is 13.6 Å². The molecule has 5 heteroatoms. The summed E-state index contributed by atoms with van der Waals surface area (Å²) in [6.45, 7) is 0. The van der Waals surface area contributed by atoms with Crippen molar-refractivity contribution >= 4 is 7.82 Å². The Hall–Kier alpha value is -0.410. The maximum absolute atomic E-state index is 12.0. The lowest BCUT2D eigenvalue weighted by Gasteiger charge is -2.20. The number of allylic oxidation sites excluding steroid dienone is 2. The van der Waals surface area contributed by atoms with Crippen molar-refractivity contribution in [2.75, 3.05) is 0 Å². The smallest absolute Gasteiger partial charge is 0.302 e. The number of rotatable bonds is 4. The fraction of sp³-hybridized carbons (Fsp3) is 0.714. The second-order valence-electron chi connectivity index (χ2n) is 5.18. The Morgan fingerprint density at radius 2 is 1.37 bits per heavy atom. The zero-order chi connectivity index (χ0) is 13.6. The van der Waals surface area contributed by atoms with Gasteiger partial charge in [-0.25, -0.2) is 4.57 Å². The molecule has 0 fully saturated rings. The van der Waals surface area contributed by atoms with Gasteiger partial charge in [-0.15, -0.1) is 0 Å². The molecule has 2 rings (SSSR count). The van der Waals surface area contributed by atoms with Gasteiger partial charge in [0.05, 0.1) is 12.2 Å². The van der Waals surface area contributed by atoms with Gasteiger partial charge in [0.15, 0.2) is 0 Å². The zero-order valence-corrected chi connectivity index (χ0v) is 12.1.